The van der Waals surface area contributed by atoms with Crippen LogP contribution in [0.4, 0.5) is 28.1 Å². The normalized spacial score (nSPS) is 11.6. The molecule has 332 valence electrons. The summed E-state index contributed by atoms with van der Waals surface area (Å²) in [6.45, 7) is 1.71. The van der Waals surface area contributed by atoms with Gasteiger partial charge in [-0.25, -0.2) is 24.7 Å². The summed E-state index contributed by atoms with van der Waals surface area (Å²) in [5.74, 6) is 0.771. The van der Waals surface area contributed by atoms with Crippen LogP contribution in [0.3, 0.4) is 0 Å². The van der Waals surface area contributed by atoms with E-state index in [-0.39, 0.29) is 23.5 Å². The quantitative estimate of drug-likeness (QED) is 0.0474. The molecule has 4 heterocycles. The SMILES string of the molecule is CCC(=O)Oc1c(C(Nc2ncccn2)c2ccc([N+](=O)[O-])cc2)ccc2cccnc12.CN(C)C(=O)Oc1c(C(Nc2ncccn2)c2ccc([N+](=O)[O-])cc2)cc(Cl)c2cccnc12. The summed E-state index contributed by atoms with van der Waals surface area (Å²) in [7, 11) is 3.13. The molecule has 1 amide bonds. The number of nitrogens with one attached hydrogen (secondary N) is 2. The second kappa shape index (κ2) is 20.6. The fourth-order valence-corrected chi connectivity index (χ4v) is 6.88. The van der Waals surface area contributed by atoms with Crippen molar-refractivity contribution in [2.45, 2.75) is 25.4 Å². The highest BCUT2D eigenvalue weighted by Crippen LogP contribution is 2.41. The van der Waals surface area contributed by atoms with Crippen molar-refractivity contribution in [3.05, 3.63) is 188 Å². The predicted molar refractivity (Wildman–Crippen MR) is 245 cm³/mol. The Hall–Kier alpha value is -8.71. The van der Waals surface area contributed by atoms with Crippen LogP contribution in [0.5, 0.6) is 11.5 Å². The highest BCUT2D eigenvalue weighted by Gasteiger charge is 2.27. The maximum absolute atomic E-state index is 12.6. The Labute approximate surface area is 380 Å². The molecule has 4 aromatic carbocycles. The van der Waals surface area contributed by atoms with Crippen LogP contribution in [-0.2, 0) is 4.79 Å². The number of ether oxygens (including phenoxy) is 2. The monoisotopic (exact) mass is 907 g/mol. The molecule has 0 bridgehead atoms. The molecule has 0 saturated carbocycles. The Morgan fingerprint density at radius 1 is 0.636 bits per heavy atom. The zero-order valence-corrected chi connectivity index (χ0v) is 36.1. The second-order valence-corrected chi connectivity index (χ2v) is 14.7. The van der Waals surface area contributed by atoms with Crippen LogP contribution in [0.1, 0.15) is 47.7 Å². The van der Waals surface area contributed by atoms with Crippen LogP contribution in [0.2, 0.25) is 5.02 Å². The minimum atomic E-state index is -0.683. The van der Waals surface area contributed by atoms with Crippen LogP contribution in [0, 0.1) is 20.2 Å². The first-order valence-corrected chi connectivity index (χ1v) is 20.4. The number of pyridine rings is 2. The number of rotatable bonds is 13. The largest absolute Gasteiger partial charge is 0.424 e. The fourth-order valence-electron chi connectivity index (χ4n) is 6.61. The number of non-ortho nitro benzene ring substituents is 2. The van der Waals surface area contributed by atoms with Gasteiger partial charge in [0, 0.05) is 104 Å². The summed E-state index contributed by atoms with van der Waals surface area (Å²) < 4.78 is 11.5. The number of carbonyl (C=O) groups is 2. The van der Waals surface area contributed by atoms with Gasteiger partial charge in [0.15, 0.2) is 11.5 Å². The average molecular weight is 908 g/mol. The van der Waals surface area contributed by atoms with E-state index in [4.69, 9.17) is 21.1 Å². The zero-order chi connectivity index (χ0) is 46.7. The van der Waals surface area contributed by atoms with Crippen molar-refractivity contribution < 1.29 is 28.9 Å². The van der Waals surface area contributed by atoms with Gasteiger partial charge >= 0.3 is 12.1 Å². The van der Waals surface area contributed by atoms with E-state index < -0.39 is 34.0 Å². The number of carbonyl (C=O) groups excluding carboxylic acids is 2. The Balaban J connectivity index is 0.000000197. The van der Waals surface area contributed by atoms with Crippen LogP contribution >= 0.6 is 11.6 Å². The number of nitrogens with zero attached hydrogens (tertiary/aromatic N) is 9. The standard InChI is InChI=1S/C23H19ClN6O4.C23H19N5O4/c1-29(2)23(31)34-21-17(13-18(24)16-5-3-10-25-20(16)21)19(28-22-26-11-4-12-27-22)14-6-8-15(9-7-14)30(32)33;1-2-19(29)32-22-18(11-8-15-5-3-12-24-21(15)22)20(27-23-25-13-4-14-26-23)16-6-9-17(10-7-16)28(30)31/h3-13,19H,1-2H3,(H,26,27,28);3-14,20H,2H2,1H3,(H,25,26,27). The zero-order valence-electron chi connectivity index (χ0n) is 35.3. The number of benzene rings is 4. The highest BCUT2D eigenvalue weighted by molar-refractivity contribution is 6.35. The van der Waals surface area contributed by atoms with Gasteiger partial charge in [-0.15, -0.1) is 0 Å². The van der Waals surface area contributed by atoms with Crippen LogP contribution in [-0.4, -0.2) is 70.8 Å². The van der Waals surface area contributed by atoms with E-state index in [0.29, 0.717) is 61.3 Å². The minimum Gasteiger partial charge on any atom is -0.424 e. The van der Waals surface area contributed by atoms with Crippen LogP contribution < -0.4 is 20.1 Å². The van der Waals surface area contributed by atoms with Crippen molar-refractivity contribution in [3.8, 4) is 11.5 Å². The van der Waals surface area contributed by atoms with Gasteiger partial charge in [-0.3, -0.25) is 35.0 Å². The molecule has 4 aromatic heterocycles. The lowest BCUT2D eigenvalue weighted by Crippen LogP contribution is -2.26. The molecule has 8 rings (SSSR count). The summed E-state index contributed by atoms with van der Waals surface area (Å²) in [5, 5.41) is 30.5. The number of anilines is 2. The summed E-state index contributed by atoms with van der Waals surface area (Å²) in [4.78, 5) is 73.2. The van der Waals surface area contributed by atoms with E-state index in [1.165, 1.54) is 29.2 Å². The lowest BCUT2D eigenvalue weighted by atomic mass is 9.96. The van der Waals surface area contributed by atoms with E-state index in [9.17, 15) is 29.8 Å². The van der Waals surface area contributed by atoms with E-state index in [0.717, 1.165) is 5.39 Å². The fraction of sp³-hybridized carbons (Fsp3) is 0.130. The smallest absolute Gasteiger partial charge is 0.414 e. The Morgan fingerprint density at radius 3 is 1.64 bits per heavy atom. The summed E-state index contributed by atoms with van der Waals surface area (Å²) >= 11 is 6.60. The van der Waals surface area contributed by atoms with E-state index in [2.05, 4.69) is 40.5 Å². The second-order valence-electron chi connectivity index (χ2n) is 14.3. The molecule has 0 aliphatic carbocycles. The first-order valence-electron chi connectivity index (χ1n) is 20.0. The average Bonchev–Trinajstić information content (AvgIpc) is 3.34. The topological polar surface area (TPSA) is 244 Å². The molecule has 0 aliphatic heterocycles. The van der Waals surface area contributed by atoms with E-state index in [1.54, 1.807) is 119 Å². The molecule has 2 atom stereocenters. The Morgan fingerprint density at radius 2 is 1.12 bits per heavy atom. The maximum Gasteiger partial charge on any atom is 0.414 e. The molecule has 0 spiro atoms. The third-order valence-electron chi connectivity index (χ3n) is 9.82. The molecule has 0 radical (unpaired) electrons. The lowest BCUT2D eigenvalue weighted by molar-refractivity contribution is -0.385. The molecule has 2 N–H and O–H groups in total. The number of hydrogen-bond acceptors (Lipinski definition) is 16. The van der Waals surface area contributed by atoms with Gasteiger partial charge in [0.25, 0.3) is 11.4 Å². The van der Waals surface area contributed by atoms with E-state index >= 15 is 0 Å². The summed E-state index contributed by atoms with van der Waals surface area (Å²) in [6.07, 6.45) is 9.14. The highest BCUT2D eigenvalue weighted by atomic mass is 35.5. The molecule has 0 fully saturated rings. The molecule has 0 aliphatic rings. The predicted octanol–water partition coefficient (Wildman–Crippen LogP) is 9.30. The van der Waals surface area contributed by atoms with Crippen molar-refractivity contribution in [1.82, 2.24) is 34.8 Å². The lowest BCUT2D eigenvalue weighted by Gasteiger charge is -2.24. The van der Waals surface area contributed by atoms with Crippen molar-refractivity contribution in [1.29, 1.82) is 0 Å². The summed E-state index contributed by atoms with van der Waals surface area (Å²) in [6, 6.07) is 26.8. The van der Waals surface area contributed by atoms with Gasteiger partial charge in [0.05, 0.1) is 27.0 Å². The molecule has 20 heteroatoms. The molecule has 0 saturated heterocycles. The number of fused-ring (bicyclic) bond motifs is 2. The van der Waals surface area contributed by atoms with Gasteiger partial charge in [-0.05, 0) is 71.8 Å². The molecule has 19 nitrogen and oxygen atoms in total. The molecule has 2 unspecified atom stereocenters. The van der Waals surface area contributed by atoms with Gasteiger partial charge in [-0.2, -0.15) is 0 Å². The number of nitro benzene ring substituents is 2. The van der Waals surface area contributed by atoms with Crippen molar-refractivity contribution in [2.75, 3.05) is 24.7 Å². The van der Waals surface area contributed by atoms with Gasteiger partial charge in [-0.1, -0.05) is 36.7 Å². The summed E-state index contributed by atoms with van der Waals surface area (Å²) in [5.41, 5.74) is 3.28. The first kappa shape index (κ1) is 45.3. The maximum atomic E-state index is 12.6. The number of amides is 1. The van der Waals surface area contributed by atoms with Crippen LogP contribution in [0.25, 0.3) is 21.8 Å². The molecule has 8 aromatic rings. The van der Waals surface area contributed by atoms with Crippen molar-refractivity contribution in [2.24, 2.45) is 0 Å². The molecule has 66 heavy (non-hydrogen) atoms. The number of halogens is 1. The third-order valence-corrected chi connectivity index (χ3v) is 10.1. The van der Waals surface area contributed by atoms with E-state index in [1.807, 2.05) is 18.2 Å². The van der Waals surface area contributed by atoms with Crippen molar-refractivity contribution >= 4 is 68.7 Å². The molecular weight excluding hydrogens is 870 g/mol. The minimum absolute atomic E-state index is 0.0266. The number of hydrogen-bond donors (Lipinski definition) is 2. The van der Waals surface area contributed by atoms with Gasteiger partial charge in [0.2, 0.25) is 11.9 Å². The van der Waals surface area contributed by atoms with Gasteiger partial charge < -0.3 is 25.0 Å². The number of esters is 1. The Kier molecular flexibility index (Phi) is 14.2. The number of aromatic nitrogens is 6. The number of nitro groups is 2. The first-order chi connectivity index (χ1) is 31.9. The van der Waals surface area contributed by atoms with Crippen LogP contribution in [0.15, 0.2) is 140 Å². The third kappa shape index (κ3) is 10.5. The van der Waals surface area contributed by atoms with Crippen molar-refractivity contribution in [3.63, 3.8) is 0 Å². The molecular formula is C46H38ClN11O8. The Bertz CT molecular complexity index is 3020. The van der Waals surface area contributed by atoms with Gasteiger partial charge in [0.1, 0.15) is 11.0 Å².